The molecule has 1 aromatic heterocycles. The van der Waals surface area contributed by atoms with E-state index in [0.717, 1.165) is 23.5 Å². The highest BCUT2D eigenvalue weighted by Crippen LogP contribution is 2.40. The molecule has 1 aromatic carbocycles. The van der Waals surface area contributed by atoms with Gasteiger partial charge in [-0.1, -0.05) is 0 Å². The van der Waals surface area contributed by atoms with Gasteiger partial charge in [-0.25, -0.2) is 17.9 Å². The van der Waals surface area contributed by atoms with Crippen LogP contribution < -0.4 is 19.7 Å². The quantitative estimate of drug-likeness (QED) is 0.488. The van der Waals surface area contributed by atoms with Crippen LogP contribution in [-0.4, -0.2) is 61.2 Å². The number of sulfonamides is 1. The number of fused-ring (bicyclic) bond motifs is 1. The van der Waals surface area contributed by atoms with Gasteiger partial charge >= 0.3 is 18.8 Å². The maximum absolute atomic E-state index is 13.6. The topological polar surface area (TPSA) is 132 Å². The predicted octanol–water partition coefficient (Wildman–Crippen LogP) is 3.57. The Bertz CT molecular complexity index is 1330. The number of carbonyl (C=O) groups is 2. The zero-order chi connectivity index (χ0) is 28.6. The van der Waals surface area contributed by atoms with Crippen molar-refractivity contribution in [3.63, 3.8) is 0 Å². The number of amides is 2. The third-order valence-electron chi connectivity index (χ3n) is 5.50. The summed E-state index contributed by atoms with van der Waals surface area (Å²) in [6.45, 7) is 0.0884. The van der Waals surface area contributed by atoms with E-state index in [-0.39, 0.29) is 40.6 Å². The summed E-state index contributed by atoms with van der Waals surface area (Å²) < 4.78 is 104. The molecular formula is C21H24F5N5O6S. The van der Waals surface area contributed by atoms with Gasteiger partial charge in [-0.3, -0.25) is 14.4 Å². The Morgan fingerprint density at radius 2 is 1.92 bits per heavy atom. The smallest absolute Gasteiger partial charge is 0.427 e. The van der Waals surface area contributed by atoms with Crippen LogP contribution in [-0.2, 0) is 19.6 Å². The minimum Gasteiger partial charge on any atom is -0.484 e. The third-order valence-corrected chi connectivity index (χ3v) is 7.38. The van der Waals surface area contributed by atoms with Gasteiger partial charge in [0.1, 0.15) is 16.7 Å². The van der Waals surface area contributed by atoms with Crippen LogP contribution in [0.4, 0.5) is 38.1 Å². The number of alkyl halides is 5. The van der Waals surface area contributed by atoms with E-state index in [9.17, 15) is 40.0 Å². The second-order valence-electron chi connectivity index (χ2n) is 8.73. The van der Waals surface area contributed by atoms with E-state index < -0.39 is 51.3 Å². The Labute approximate surface area is 213 Å². The number of aromatic nitrogens is 2. The molecule has 210 valence electrons. The van der Waals surface area contributed by atoms with Crippen LogP contribution in [0.1, 0.15) is 33.0 Å². The first kappa shape index (κ1) is 28.9. The van der Waals surface area contributed by atoms with Crippen LogP contribution in [0.3, 0.4) is 0 Å². The number of hydrogen-bond donors (Lipinski definition) is 2. The van der Waals surface area contributed by atoms with Crippen LogP contribution in [0.25, 0.3) is 0 Å². The van der Waals surface area contributed by atoms with Gasteiger partial charge in [0.05, 0.1) is 30.7 Å². The predicted molar refractivity (Wildman–Crippen MR) is 123 cm³/mol. The molecule has 2 N–H and O–H groups in total. The van der Waals surface area contributed by atoms with E-state index in [1.54, 1.807) is 0 Å². The Hall–Kier alpha value is -3.63. The number of nitrogens with zero attached hydrogens (tertiary/aromatic N) is 3. The van der Waals surface area contributed by atoms with Crippen LogP contribution in [0, 0.1) is 6.92 Å². The second-order valence-corrected chi connectivity index (χ2v) is 10.6. The summed E-state index contributed by atoms with van der Waals surface area (Å²) in [6, 6.07) is 3.58. The molecule has 0 spiro atoms. The maximum Gasteiger partial charge on any atom is 0.427 e. The number of ether oxygens (including phenoxy) is 2. The lowest BCUT2D eigenvalue weighted by Crippen LogP contribution is -2.48. The molecule has 11 nitrogen and oxygen atoms in total. The first-order valence-electron chi connectivity index (χ1n) is 10.9. The van der Waals surface area contributed by atoms with Crippen molar-refractivity contribution in [3.05, 3.63) is 30.1 Å². The van der Waals surface area contributed by atoms with Crippen LogP contribution >= 0.6 is 0 Å². The lowest BCUT2D eigenvalue weighted by atomic mass is 10.1. The molecule has 0 fully saturated rings. The molecule has 1 aliphatic rings. The Kier molecular flexibility index (Phi) is 7.81. The van der Waals surface area contributed by atoms with Crippen molar-refractivity contribution >= 4 is 33.4 Å². The summed E-state index contributed by atoms with van der Waals surface area (Å²) in [6.07, 6.45) is -6.46. The summed E-state index contributed by atoms with van der Waals surface area (Å²) in [4.78, 5) is 23.0. The van der Waals surface area contributed by atoms with Crippen molar-refractivity contribution in [3.8, 4) is 5.75 Å². The normalized spacial score (nSPS) is 16.1. The number of anilines is 2. The van der Waals surface area contributed by atoms with Gasteiger partial charge in [-0.05, 0) is 39.0 Å². The molecule has 2 heterocycles. The molecule has 0 saturated carbocycles. The van der Waals surface area contributed by atoms with Crippen molar-refractivity contribution in [1.29, 1.82) is 0 Å². The molecule has 0 saturated heterocycles. The lowest BCUT2D eigenvalue weighted by Gasteiger charge is -2.35. The minimum atomic E-state index is -4.86. The zero-order valence-electron chi connectivity index (χ0n) is 20.5. The SMILES string of the molecule is CC(=O)NCC1CN(S(=O)(=O)c2cnn(C(F)F)c2C)c2cc(NC(=O)OC(C)(C)C(F)(F)F)ccc2O1. The fraction of sp³-hybridized carbons (Fsp3) is 0.476. The molecule has 1 unspecified atom stereocenters. The highest BCUT2D eigenvalue weighted by molar-refractivity contribution is 7.92. The molecule has 2 aromatic rings. The van der Waals surface area contributed by atoms with Crippen molar-refractivity contribution in [2.24, 2.45) is 0 Å². The van der Waals surface area contributed by atoms with Crippen molar-refractivity contribution in [2.75, 3.05) is 22.7 Å². The number of carbonyl (C=O) groups excluding carboxylic acids is 2. The molecule has 0 bridgehead atoms. The van der Waals surface area contributed by atoms with Gasteiger partial charge in [0, 0.05) is 12.6 Å². The summed E-state index contributed by atoms with van der Waals surface area (Å²) in [7, 11) is -4.55. The van der Waals surface area contributed by atoms with E-state index >= 15 is 0 Å². The molecule has 3 rings (SSSR count). The maximum atomic E-state index is 13.6. The van der Waals surface area contributed by atoms with Gasteiger partial charge < -0.3 is 14.8 Å². The summed E-state index contributed by atoms with van der Waals surface area (Å²) >= 11 is 0. The van der Waals surface area contributed by atoms with E-state index in [4.69, 9.17) is 4.74 Å². The standard InChI is InChI=1S/C21H24F5N5O6S/c1-11-17(9-28-31(11)18(22)23)38(34,35)30-10-14(8-27-12(2)32)36-16-6-5-13(7-15(16)30)29-19(33)37-20(3,4)21(24,25)26/h5-7,9,14,18H,8,10H2,1-4H3,(H,27,32)(H,29,33). The monoisotopic (exact) mass is 569 g/mol. The molecule has 0 radical (unpaired) electrons. The zero-order valence-corrected chi connectivity index (χ0v) is 21.3. The van der Waals surface area contributed by atoms with E-state index in [0.29, 0.717) is 13.8 Å². The molecule has 2 amide bonds. The molecule has 17 heteroatoms. The van der Waals surface area contributed by atoms with Gasteiger partial charge in [-0.15, -0.1) is 0 Å². The van der Waals surface area contributed by atoms with E-state index in [1.807, 2.05) is 0 Å². The van der Waals surface area contributed by atoms with Crippen molar-refractivity contribution < 1.29 is 49.4 Å². The van der Waals surface area contributed by atoms with E-state index in [1.165, 1.54) is 19.1 Å². The van der Waals surface area contributed by atoms with Gasteiger partial charge in [0.2, 0.25) is 11.5 Å². The van der Waals surface area contributed by atoms with Gasteiger partial charge in [0.25, 0.3) is 10.0 Å². The first-order valence-corrected chi connectivity index (χ1v) is 12.3. The van der Waals surface area contributed by atoms with Crippen LogP contribution in [0.15, 0.2) is 29.3 Å². The Balaban J connectivity index is 1.99. The molecule has 0 aliphatic carbocycles. The molecule has 1 atom stereocenters. The summed E-state index contributed by atoms with van der Waals surface area (Å²) in [5.41, 5.74) is -3.46. The van der Waals surface area contributed by atoms with Crippen LogP contribution in [0.5, 0.6) is 5.75 Å². The number of rotatable bonds is 7. The number of benzene rings is 1. The summed E-state index contributed by atoms with van der Waals surface area (Å²) in [5, 5.41) is 8.02. The minimum absolute atomic E-state index is 0.0244. The number of hydrogen-bond acceptors (Lipinski definition) is 7. The lowest BCUT2D eigenvalue weighted by molar-refractivity contribution is -0.242. The van der Waals surface area contributed by atoms with Gasteiger partial charge in [-0.2, -0.15) is 27.1 Å². The average Bonchev–Trinajstić information content (AvgIpc) is 3.18. The van der Waals surface area contributed by atoms with Crippen molar-refractivity contribution in [2.45, 2.75) is 57.0 Å². The summed E-state index contributed by atoms with van der Waals surface area (Å²) in [5.74, 6) is -0.439. The first-order chi connectivity index (χ1) is 17.4. The Morgan fingerprint density at radius 1 is 1.26 bits per heavy atom. The molecule has 38 heavy (non-hydrogen) atoms. The third kappa shape index (κ3) is 5.92. The largest absolute Gasteiger partial charge is 0.484 e. The fourth-order valence-corrected chi connectivity index (χ4v) is 5.04. The van der Waals surface area contributed by atoms with E-state index in [2.05, 4.69) is 20.5 Å². The van der Waals surface area contributed by atoms with Crippen LogP contribution in [0.2, 0.25) is 0 Å². The number of halogens is 5. The van der Waals surface area contributed by atoms with Crippen molar-refractivity contribution in [1.82, 2.24) is 15.1 Å². The van der Waals surface area contributed by atoms with Gasteiger partial charge in [0.15, 0.2) is 0 Å². The highest BCUT2D eigenvalue weighted by atomic mass is 32.2. The molecule has 1 aliphatic heterocycles. The molecular weight excluding hydrogens is 545 g/mol. The average molecular weight is 570 g/mol. The fourth-order valence-electron chi connectivity index (χ4n) is 3.39. The second kappa shape index (κ2) is 10.3. The highest BCUT2D eigenvalue weighted by Gasteiger charge is 2.51. The Morgan fingerprint density at radius 3 is 2.47 bits per heavy atom. The number of nitrogens with one attached hydrogen (secondary N) is 2.